The summed E-state index contributed by atoms with van der Waals surface area (Å²) in [5.41, 5.74) is 0.252. The number of carbonyl (C=O) groups excluding carboxylic acids is 1. The molecule has 1 amide bonds. The van der Waals surface area contributed by atoms with Gasteiger partial charge in [0.2, 0.25) is 5.91 Å². The fourth-order valence-corrected chi connectivity index (χ4v) is 1.84. The second-order valence-electron chi connectivity index (χ2n) is 3.93. The lowest BCUT2D eigenvalue weighted by molar-refractivity contribution is -0.117. The molecule has 1 aromatic carbocycles. The van der Waals surface area contributed by atoms with Gasteiger partial charge in [-0.2, -0.15) is 0 Å². The average Bonchev–Trinajstić information content (AvgIpc) is 2.88. The van der Waals surface area contributed by atoms with Crippen molar-refractivity contribution in [2.24, 2.45) is 11.8 Å². The summed E-state index contributed by atoms with van der Waals surface area (Å²) in [6.45, 7) is 2.02. The molecule has 1 fully saturated rings. The van der Waals surface area contributed by atoms with Crippen molar-refractivity contribution in [3.05, 3.63) is 28.5 Å². The summed E-state index contributed by atoms with van der Waals surface area (Å²) in [6, 6.07) is 4.60. The third-order valence-electron chi connectivity index (χ3n) is 2.64. The molecule has 2 rings (SSSR count). The Kier molecular flexibility index (Phi) is 2.78. The Hall–Kier alpha value is -0.900. The summed E-state index contributed by atoms with van der Waals surface area (Å²) in [7, 11) is 0. The summed E-state index contributed by atoms with van der Waals surface area (Å²) < 4.78 is 14.0. The van der Waals surface area contributed by atoms with E-state index in [2.05, 4.69) is 21.2 Å². The van der Waals surface area contributed by atoms with Gasteiger partial charge in [-0.1, -0.05) is 22.9 Å². The third-order valence-corrected chi connectivity index (χ3v) is 3.13. The highest BCUT2D eigenvalue weighted by Crippen LogP contribution is 2.38. The maximum atomic E-state index is 13.3. The van der Waals surface area contributed by atoms with E-state index in [4.69, 9.17) is 0 Å². The summed E-state index contributed by atoms with van der Waals surface area (Å²) >= 11 is 3.16. The van der Waals surface area contributed by atoms with Crippen LogP contribution in [0.15, 0.2) is 22.7 Å². The van der Waals surface area contributed by atoms with E-state index in [-0.39, 0.29) is 17.5 Å². The molecule has 15 heavy (non-hydrogen) atoms. The molecular formula is C11H11BrFNO. The fourth-order valence-electron chi connectivity index (χ4n) is 1.50. The number of amides is 1. The zero-order chi connectivity index (χ0) is 11.0. The second-order valence-corrected chi connectivity index (χ2v) is 4.85. The van der Waals surface area contributed by atoms with E-state index in [0.29, 0.717) is 10.4 Å². The summed E-state index contributed by atoms with van der Waals surface area (Å²) in [4.78, 5) is 11.5. The Bertz CT molecular complexity index is 408. The molecule has 1 aliphatic carbocycles. The molecule has 1 N–H and O–H groups in total. The van der Waals surface area contributed by atoms with Gasteiger partial charge in [-0.15, -0.1) is 0 Å². The molecule has 0 bridgehead atoms. The quantitative estimate of drug-likeness (QED) is 0.880. The first-order valence-corrected chi connectivity index (χ1v) is 5.63. The first-order valence-electron chi connectivity index (χ1n) is 4.84. The van der Waals surface area contributed by atoms with Gasteiger partial charge in [-0.25, -0.2) is 4.39 Å². The number of halogens is 2. The van der Waals surface area contributed by atoms with Gasteiger partial charge in [0, 0.05) is 10.4 Å². The van der Waals surface area contributed by atoms with Crippen molar-refractivity contribution < 1.29 is 9.18 Å². The Balaban J connectivity index is 2.07. The number of hydrogen-bond donors (Lipinski definition) is 1. The Morgan fingerprint density at radius 2 is 2.27 bits per heavy atom. The smallest absolute Gasteiger partial charge is 0.227 e. The molecule has 0 aromatic heterocycles. The zero-order valence-corrected chi connectivity index (χ0v) is 9.84. The van der Waals surface area contributed by atoms with Crippen LogP contribution in [0.5, 0.6) is 0 Å². The molecule has 1 aliphatic rings. The lowest BCUT2D eigenvalue weighted by Crippen LogP contribution is -2.15. The Morgan fingerprint density at radius 3 is 2.80 bits per heavy atom. The highest BCUT2D eigenvalue weighted by Gasteiger charge is 2.39. The maximum absolute atomic E-state index is 13.3. The molecule has 2 nitrogen and oxygen atoms in total. The van der Waals surface area contributed by atoms with Gasteiger partial charge < -0.3 is 5.32 Å². The highest BCUT2D eigenvalue weighted by atomic mass is 79.9. The summed E-state index contributed by atoms with van der Waals surface area (Å²) in [5, 5.41) is 2.60. The summed E-state index contributed by atoms with van der Waals surface area (Å²) in [5.74, 6) is 0.00584. The van der Waals surface area contributed by atoms with Gasteiger partial charge in [0.25, 0.3) is 0 Å². The lowest BCUT2D eigenvalue weighted by atomic mass is 10.2. The van der Waals surface area contributed by atoms with Crippen molar-refractivity contribution in [2.45, 2.75) is 13.3 Å². The van der Waals surface area contributed by atoms with Crippen LogP contribution in [-0.4, -0.2) is 5.91 Å². The van der Waals surface area contributed by atoms with Gasteiger partial charge in [0.1, 0.15) is 5.82 Å². The molecule has 2 atom stereocenters. The van der Waals surface area contributed by atoms with E-state index in [0.717, 1.165) is 6.42 Å². The van der Waals surface area contributed by atoms with E-state index in [1.807, 2.05) is 6.92 Å². The minimum atomic E-state index is -0.411. The van der Waals surface area contributed by atoms with E-state index in [1.165, 1.54) is 6.07 Å². The van der Waals surface area contributed by atoms with E-state index in [9.17, 15) is 9.18 Å². The van der Waals surface area contributed by atoms with Crippen LogP contribution >= 0.6 is 15.9 Å². The molecular weight excluding hydrogens is 261 g/mol. The van der Waals surface area contributed by atoms with Gasteiger partial charge in [0.05, 0.1) is 5.69 Å². The number of carbonyl (C=O) groups is 1. The molecule has 80 valence electrons. The highest BCUT2D eigenvalue weighted by molar-refractivity contribution is 9.10. The van der Waals surface area contributed by atoms with Crippen molar-refractivity contribution >= 4 is 27.5 Å². The largest absolute Gasteiger partial charge is 0.323 e. The Morgan fingerprint density at radius 1 is 1.60 bits per heavy atom. The van der Waals surface area contributed by atoms with Crippen molar-refractivity contribution in [2.75, 3.05) is 5.32 Å². The maximum Gasteiger partial charge on any atom is 0.227 e. The van der Waals surface area contributed by atoms with Crippen molar-refractivity contribution in [3.63, 3.8) is 0 Å². The molecule has 0 aliphatic heterocycles. The first-order chi connectivity index (χ1) is 7.08. The van der Waals surface area contributed by atoms with Crippen molar-refractivity contribution in [1.82, 2.24) is 0 Å². The monoisotopic (exact) mass is 271 g/mol. The van der Waals surface area contributed by atoms with Crippen LogP contribution in [0.4, 0.5) is 10.1 Å². The van der Waals surface area contributed by atoms with Crippen LogP contribution in [-0.2, 0) is 4.79 Å². The molecule has 0 spiro atoms. The van der Waals surface area contributed by atoms with Crippen molar-refractivity contribution in [1.29, 1.82) is 0 Å². The van der Waals surface area contributed by atoms with Crippen LogP contribution in [0.2, 0.25) is 0 Å². The molecule has 0 radical (unpaired) electrons. The topological polar surface area (TPSA) is 29.1 Å². The molecule has 0 heterocycles. The molecule has 0 saturated heterocycles. The molecule has 0 unspecified atom stereocenters. The van der Waals surface area contributed by atoms with Crippen LogP contribution in [0, 0.1) is 17.7 Å². The molecule has 1 saturated carbocycles. The number of hydrogen-bond acceptors (Lipinski definition) is 1. The molecule has 1 aromatic rings. The number of benzene rings is 1. The SMILES string of the molecule is C[C@H]1C[C@@H]1C(=O)Nc1ccc(Br)cc1F. The predicted octanol–water partition coefficient (Wildman–Crippen LogP) is 3.18. The molecule has 4 heteroatoms. The standard InChI is InChI=1S/C11H11BrFNO/c1-6-4-8(6)11(15)14-10-3-2-7(12)5-9(10)13/h2-3,5-6,8H,4H2,1H3,(H,14,15)/t6-,8-/m0/s1. The number of anilines is 1. The zero-order valence-electron chi connectivity index (χ0n) is 8.26. The predicted molar refractivity (Wildman–Crippen MR) is 60.0 cm³/mol. The van der Waals surface area contributed by atoms with Gasteiger partial charge in [-0.05, 0) is 30.5 Å². The minimum Gasteiger partial charge on any atom is -0.323 e. The fraction of sp³-hybridized carbons (Fsp3) is 0.364. The lowest BCUT2D eigenvalue weighted by Gasteiger charge is -2.05. The van der Waals surface area contributed by atoms with Crippen LogP contribution < -0.4 is 5.32 Å². The van der Waals surface area contributed by atoms with Crippen LogP contribution in [0.3, 0.4) is 0 Å². The Labute approximate surface area is 96.0 Å². The van der Waals surface area contributed by atoms with E-state index >= 15 is 0 Å². The second kappa shape index (κ2) is 3.93. The van der Waals surface area contributed by atoms with E-state index in [1.54, 1.807) is 12.1 Å². The van der Waals surface area contributed by atoms with Gasteiger partial charge >= 0.3 is 0 Å². The third kappa shape index (κ3) is 2.37. The van der Waals surface area contributed by atoms with E-state index < -0.39 is 5.82 Å². The van der Waals surface area contributed by atoms with Crippen molar-refractivity contribution in [3.8, 4) is 0 Å². The average molecular weight is 272 g/mol. The minimum absolute atomic E-state index is 0.0630. The first kappa shape index (κ1) is 10.6. The number of rotatable bonds is 2. The number of nitrogens with one attached hydrogen (secondary N) is 1. The van der Waals surface area contributed by atoms with Crippen LogP contribution in [0.25, 0.3) is 0 Å². The van der Waals surface area contributed by atoms with Gasteiger partial charge in [-0.3, -0.25) is 4.79 Å². The summed E-state index contributed by atoms with van der Waals surface area (Å²) in [6.07, 6.45) is 0.907. The van der Waals surface area contributed by atoms with Crippen LogP contribution in [0.1, 0.15) is 13.3 Å². The van der Waals surface area contributed by atoms with Gasteiger partial charge in [0.15, 0.2) is 0 Å². The normalized spacial score (nSPS) is 23.7.